The molecule has 0 bridgehead atoms. The first kappa shape index (κ1) is 10.5. The molecule has 0 atom stereocenters. The molecule has 4 nitrogen and oxygen atoms in total. The molecule has 0 fully saturated rings. The van der Waals surface area contributed by atoms with Crippen LogP contribution >= 0.6 is 0 Å². The van der Waals surface area contributed by atoms with Gasteiger partial charge in [-0.15, -0.1) is 0 Å². The molecule has 2 rings (SSSR count). The molecule has 1 aromatic heterocycles. The molecule has 0 spiro atoms. The summed E-state index contributed by atoms with van der Waals surface area (Å²) in [5, 5.41) is 9.32. The molecule has 1 heterocycles. The first-order chi connectivity index (χ1) is 7.54. The van der Waals surface area contributed by atoms with Crippen molar-refractivity contribution in [2.45, 2.75) is 0 Å². The van der Waals surface area contributed by atoms with E-state index in [0.717, 1.165) is 0 Å². The summed E-state index contributed by atoms with van der Waals surface area (Å²) in [5.74, 6) is -1.54. The highest BCUT2D eigenvalue weighted by Crippen LogP contribution is 2.27. The number of hydrogen-bond acceptors (Lipinski definition) is 2. The molecule has 2 aromatic rings. The summed E-state index contributed by atoms with van der Waals surface area (Å²) in [6.45, 7) is 0. The van der Waals surface area contributed by atoms with E-state index < -0.39 is 11.8 Å². The van der Waals surface area contributed by atoms with Crippen LogP contribution in [0.25, 0.3) is 10.9 Å². The average molecular weight is 223 g/mol. The Morgan fingerprint density at radius 3 is 2.75 bits per heavy atom. The fourth-order valence-corrected chi connectivity index (χ4v) is 1.71. The Hall–Kier alpha value is -2.04. The highest BCUT2D eigenvalue weighted by Gasteiger charge is 2.15. The van der Waals surface area contributed by atoms with Crippen molar-refractivity contribution in [3.05, 3.63) is 29.7 Å². The van der Waals surface area contributed by atoms with E-state index in [-0.39, 0.29) is 11.3 Å². The molecule has 0 amide bonds. The molecule has 16 heavy (non-hydrogen) atoms. The fourth-order valence-electron chi connectivity index (χ4n) is 1.71. The van der Waals surface area contributed by atoms with Crippen LogP contribution in [-0.2, 0) is 7.05 Å². The third-order valence-electron chi connectivity index (χ3n) is 2.49. The molecule has 0 unspecified atom stereocenters. The van der Waals surface area contributed by atoms with Gasteiger partial charge in [0.25, 0.3) is 0 Å². The van der Waals surface area contributed by atoms with E-state index in [1.807, 2.05) is 0 Å². The molecule has 1 N–H and O–H groups in total. The Morgan fingerprint density at radius 1 is 1.50 bits per heavy atom. The number of fused-ring (bicyclic) bond motifs is 1. The summed E-state index contributed by atoms with van der Waals surface area (Å²) in [7, 11) is 3.07. The molecule has 84 valence electrons. The maximum Gasteiger partial charge on any atom is 0.337 e. The minimum atomic E-state index is -1.07. The van der Waals surface area contributed by atoms with Crippen molar-refractivity contribution in [2.24, 2.45) is 7.05 Å². The molecule has 1 aromatic carbocycles. The minimum Gasteiger partial charge on any atom is -0.494 e. The number of rotatable bonds is 2. The van der Waals surface area contributed by atoms with Crippen molar-refractivity contribution in [1.82, 2.24) is 4.57 Å². The van der Waals surface area contributed by atoms with Crippen LogP contribution in [0.3, 0.4) is 0 Å². The number of halogens is 1. The van der Waals surface area contributed by atoms with Gasteiger partial charge in [0, 0.05) is 24.7 Å². The summed E-state index contributed by atoms with van der Waals surface area (Å²) >= 11 is 0. The highest BCUT2D eigenvalue weighted by molar-refractivity contribution is 6.03. The third kappa shape index (κ3) is 1.41. The predicted octanol–water partition coefficient (Wildman–Crippen LogP) is 2.02. The summed E-state index contributed by atoms with van der Waals surface area (Å²) in [6.07, 6.45) is 1.45. The summed E-state index contributed by atoms with van der Waals surface area (Å²) in [5.41, 5.74) is 0.703. The largest absolute Gasteiger partial charge is 0.494 e. The number of carboxylic acid groups (broad SMARTS) is 1. The highest BCUT2D eigenvalue weighted by atomic mass is 19.1. The molecule has 0 aliphatic rings. The zero-order valence-corrected chi connectivity index (χ0v) is 8.82. The second kappa shape index (κ2) is 3.52. The van der Waals surface area contributed by atoms with Gasteiger partial charge in [0.15, 0.2) is 11.6 Å². The Morgan fingerprint density at radius 2 is 2.19 bits per heavy atom. The average Bonchev–Trinajstić information content (AvgIpc) is 2.54. The first-order valence-electron chi connectivity index (χ1n) is 4.60. The number of hydrogen-bond donors (Lipinski definition) is 1. The number of aryl methyl sites for hydroxylation is 1. The van der Waals surface area contributed by atoms with Gasteiger partial charge in [0.1, 0.15) is 0 Å². The normalized spacial score (nSPS) is 10.7. The van der Waals surface area contributed by atoms with Crippen molar-refractivity contribution in [2.75, 3.05) is 7.11 Å². The van der Waals surface area contributed by atoms with Crippen molar-refractivity contribution in [1.29, 1.82) is 0 Å². The maximum atomic E-state index is 13.4. The zero-order chi connectivity index (χ0) is 11.9. The lowest BCUT2D eigenvalue weighted by Crippen LogP contribution is -1.94. The minimum absolute atomic E-state index is 0.0825. The molecular formula is C11H10FNO3. The Labute approximate surface area is 90.9 Å². The van der Waals surface area contributed by atoms with Crippen molar-refractivity contribution < 1.29 is 19.0 Å². The van der Waals surface area contributed by atoms with Gasteiger partial charge in [-0.2, -0.15) is 0 Å². The van der Waals surface area contributed by atoms with Crippen LogP contribution in [0, 0.1) is 5.82 Å². The number of benzene rings is 1. The predicted molar refractivity (Wildman–Crippen MR) is 56.4 cm³/mol. The molecule has 0 saturated heterocycles. The van der Waals surface area contributed by atoms with Gasteiger partial charge in [-0.3, -0.25) is 0 Å². The van der Waals surface area contributed by atoms with Gasteiger partial charge in [0.2, 0.25) is 0 Å². The van der Waals surface area contributed by atoms with Gasteiger partial charge >= 0.3 is 5.97 Å². The van der Waals surface area contributed by atoms with Crippen LogP contribution < -0.4 is 4.74 Å². The number of methoxy groups -OCH3 is 1. The lowest BCUT2D eigenvalue weighted by Gasteiger charge is -2.03. The SMILES string of the molecule is COc1cc2c(cc1F)c(C(=O)O)cn2C. The van der Waals surface area contributed by atoms with E-state index in [9.17, 15) is 9.18 Å². The lowest BCUT2D eigenvalue weighted by molar-refractivity contribution is 0.0699. The van der Waals surface area contributed by atoms with Crippen molar-refractivity contribution in [3.8, 4) is 5.75 Å². The molecule has 5 heteroatoms. The van der Waals surface area contributed by atoms with Gasteiger partial charge in [0.05, 0.1) is 18.2 Å². The second-order valence-corrected chi connectivity index (χ2v) is 3.46. The second-order valence-electron chi connectivity index (χ2n) is 3.46. The molecule has 0 radical (unpaired) electrons. The molecular weight excluding hydrogens is 213 g/mol. The number of aromatic carboxylic acids is 1. The zero-order valence-electron chi connectivity index (χ0n) is 8.82. The number of nitrogens with zero attached hydrogens (tertiary/aromatic N) is 1. The van der Waals surface area contributed by atoms with Crippen LogP contribution in [0.1, 0.15) is 10.4 Å². The summed E-state index contributed by atoms with van der Waals surface area (Å²) in [6, 6.07) is 2.66. The molecule has 0 aliphatic heterocycles. The van der Waals surface area contributed by atoms with Crippen LogP contribution in [0.2, 0.25) is 0 Å². The third-order valence-corrected chi connectivity index (χ3v) is 2.49. The van der Waals surface area contributed by atoms with Crippen LogP contribution in [0.4, 0.5) is 4.39 Å². The Balaban J connectivity index is 2.82. The van der Waals surface area contributed by atoms with E-state index in [4.69, 9.17) is 9.84 Å². The Bertz CT molecular complexity index is 574. The first-order valence-corrected chi connectivity index (χ1v) is 4.60. The quantitative estimate of drug-likeness (QED) is 0.847. The fraction of sp³-hybridized carbons (Fsp3) is 0.182. The molecule has 0 saturated carbocycles. The summed E-state index contributed by atoms with van der Waals surface area (Å²) in [4.78, 5) is 10.9. The van der Waals surface area contributed by atoms with Gasteiger partial charge in [-0.25, -0.2) is 9.18 Å². The van der Waals surface area contributed by atoms with E-state index >= 15 is 0 Å². The van der Waals surface area contributed by atoms with Crippen LogP contribution in [0.15, 0.2) is 18.3 Å². The monoisotopic (exact) mass is 223 g/mol. The topological polar surface area (TPSA) is 51.5 Å². The van der Waals surface area contributed by atoms with Gasteiger partial charge < -0.3 is 14.4 Å². The Kier molecular flexibility index (Phi) is 2.30. The number of ether oxygens (including phenoxy) is 1. The van der Waals surface area contributed by atoms with Gasteiger partial charge in [-0.1, -0.05) is 0 Å². The van der Waals surface area contributed by atoms with Gasteiger partial charge in [-0.05, 0) is 6.07 Å². The van der Waals surface area contributed by atoms with Crippen LogP contribution in [-0.4, -0.2) is 22.8 Å². The number of carboxylic acids is 1. The number of carbonyl (C=O) groups is 1. The van der Waals surface area contributed by atoms with E-state index in [1.54, 1.807) is 11.6 Å². The molecule has 0 aliphatic carbocycles. The van der Waals surface area contributed by atoms with Crippen molar-refractivity contribution in [3.63, 3.8) is 0 Å². The van der Waals surface area contributed by atoms with E-state index in [1.165, 1.54) is 25.4 Å². The maximum absolute atomic E-state index is 13.4. The van der Waals surface area contributed by atoms with Crippen molar-refractivity contribution >= 4 is 16.9 Å². The number of aromatic nitrogens is 1. The summed E-state index contributed by atoms with van der Waals surface area (Å²) < 4.78 is 19.9. The van der Waals surface area contributed by atoms with Crippen LogP contribution in [0.5, 0.6) is 5.75 Å². The smallest absolute Gasteiger partial charge is 0.337 e. The lowest BCUT2D eigenvalue weighted by atomic mass is 10.1. The standard InChI is InChI=1S/C11H10FNO3/c1-13-5-7(11(14)15)6-3-8(12)10(16-2)4-9(6)13/h3-5H,1-2H3,(H,14,15). The van der Waals surface area contributed by atoms with E-state index in [2.05, 4.69) is 0 Å². The van der Waals surface area contributed by atoms with E-state index in [0.29, 0.717) is 10.9 Å².